The molecular weight excluding hydrogens is 394 g/mol. The minimum atomic E-state index is -3.63. The van der Waals surface area contributed by atoms with Crippen molar-refractivity contribution in [1.82, 2.24) is 0 Å². The van der Waals surface area contributed by atoms with Crippen LogP contribution in [0.25, 0.3) is 0 Å². The van der Waals surface area contributed by atoms with Crippen molar-refractivity contribution in [2.24, 2.45) is 5.92 Å². The van der Waals surface area contributed by atoms with E-state index in [0.29, 0.717) is 8.95 Å². The molecule has 1 atom stereocenters. The molecule has 0 bridgehead atoms. The summed E-state index contributed by atoms with van der Waals surface area (Å²) in [7, 11) is -3.63. The minimum Gasteiger partial charge on any atom is -0.222 e. The van der Waals surface area contributed by atoms with Gasteiger partial charge in [-0.25, -0.2) is 8.42 Å². The van der Waals surface area contributed by atoms with Gasteiger partial charge in [0.2, 0.25) is 0 Å². The van der Waals surface area contributed by atoms with Crippen molar-refractivity contribution >= 4 is 41.7 Å². The lowest BCUT2D eigenvalue weighted by Crippen LogP contribution is -2.27. The highest BCUT2D eigenvalue weighted by Crippen LogP contribution is 2.36. The van der Waals surface area contributed by atoms with E-state index in [1.54, 1.807) is 18.2 Å². The predicted molar refractivity (Wildman–Crippen MR) is 80.4 cm³/mol. The first kappa shape index (κ1) is 15.0. The number of rotatable bonds is 3. The molecule has 0 heterocycles. The summed E-state index contributed by atoms with van der Waals surface area (Å²) in [6, 6.07) is 7.00. The number of sulfone groups is 1. The zero-order valence-electron chi connectivity index (χ0n) is 10.1. The van der Waals surface area contributed by atoms with E-state index >= 15 is 0 Å². The van der Waals surface area contributed by atoms with E-state index in [9.17, 15) is 13.7 Å². The van der Waals surface area contributed by atoms with Gasteiger partial charge in [-0.15, -0.1) is 0 Å². The van der Waals surface area contributed by atoms with Crippen LogP contribution in [-0.4, -0.2) is 13.7 Å². The molecule has 2 rings (SSSR count). The lowest BCUT2D eigenvalue weighted by molar-refractivity contribution is 0.525. The maximum atomic E-state index is 12.7. The minimum absolute atomic E-state index is 0.0409. The van der Waals surface area contributed by atoms with Crippen molar-refractivity contribution in [1.29, 1.82) is 5.26 Å². The molecule has 0 aromatic heterocycles. The molecule has 1 aromatic rings. The van der Waals surface area contributed by atoms with E-state index in [0.717, 1.165) is 25.7 Å². The standard InChI is InChI=1S/C13H13Br2NO2S/c14-10-5-6-11(15)12(7-10)19(17,18)13(8-16)9-3-1-2-4-9/h5-7,9,13H,1-4H2. The van der Waals surface area contributed by atoms with Crippen LogP contribution in [0, 0.1) is 17.2 Å². The molecule has 0 spiro atoms. The van der Waals surface area contributed by atoms with Gasteiger partial charge in [-0.05, 0) is 52.9 Å². The van der Waals surface area contributed by atoms with Gasteiger partial charge in [0, 0.05) is 8.95 Å². The quantitative estimate of drug-likeness (QED) is 0.760. The van der Waals surface area contributed by atoms with Gasteiger partial charge in [-0.3, -0.25) is 0 Å². The van der Waals surface area contributed by atoms with Crippen molar-refractivity contribution < 1.29 is 8.42 Å². The highest BCUT2D eigenvalue weighted by Gasteiger charge is 2.37. The highest BCUT2D eigenvalue weighted by molar-refractivity contribution is 9.11. The molecule has 1 saturated carbocycles. The summed E-state index contributed by atoms with van der Waals surface area (Å²) in [6.45, 7) is 0. The number of hydrogen-bond donors (Lipinski definition) is 0. The third kappa shape index (κ3) is 3.04. The molecule has 0 N–H and O–H groups in total. The molecule has 19 heavy (non-hydrogen) atoms. The Kier molecular flexibility index (Phi) is 4.70. The molecule has 6 heteroatoms. The Bertz CT molecular complexity index is 616. The van der Waals surface area contributed by atoms with Crippen molar-refractivity contribution in [3.8, 4) is 6.07 Å². The Labute approximate surface area is 130 Å². The van der Waals surface area contributed by atoms with Crippen LogP contribution in [0.5, 0.6) is 0 Å². The first-order valence-electron chi connectivity index (χ1n) is 6.05. The number of benzene rings is 1. The van der Waals surface area contributed by atoms with Crippen LogP contribution in [0.15, 0.2) is 32.0 Å². The number of nitriles is 1. The Morgan fingerprint density at radius 1 is 1.26 bits per heavy atom. The van der Waals surface area contributed by atoms with Crippen LogP contribution in [0.1, 0.15) is 25.7 Å². The molecule has 102 valence electrons. The summed E-state index contributed by atoms with van der Waals surface area (Å²) >= 11 is 6.54. The Hall–Kier alpha value is -0.380. The van der Waals surface area contributed by atoms with E-state index in [4.69, 9.17) is 0 Å². The maximum Gasteiger partial charge on any atom is 0.196 e. The molecule has 0 amide bonds. The number of halogens is 2. The van der Waals surface area contributed by atoms with Gasteiger partial charge >= 0.3 is 0 Å². The lowest BCUT2D eigenvalue weighted by Gasteiger charge is -2.17. The fraction of sp³-hybridized carbons (Fsp3) is 0.462. The van der Waals surface area contributed by atoms with Crippen LogP contribution >= 0.6 is 31.9 Å². The first-order chi connectivity index (χ1) is 8.96. The average molecular weight is 407 g/mol. The molecule has 1 fully saturated rings. The van der Waals surface area contributed by atoms with Gasteiger partial charge < -0.3 is 0 Å². The second kappa shape index (κ2) is 5.94. The zero-order valence-corrected chi connectivity index (χ0v) is 14.1. The van der Waals surface area contributed by atoms with Gasteiger partial charge in [-0.1, -0.05) is 28.8 Å². The van der Waals surface area contributed by atoms with Crippen molar-refractivity contribution in [3.63, 3.8) is 0 Å². The van der Waals surface area contributed by atoms with Gasteiger partial charge in [0.15, 0.2) is 15.1 Å². The summed E-state index contributed by atoms with van der Waals surface area (Å²) in [5.74, 6) is -0.0409. The van der Waals surface area contributed by atoms with Crippen LogP contribution in [0.3, 0.4) is 0 Å². The largest absolute Gasteiger partial charge is 0.222 e. The average Bonchev–Trinajstić information content (AvgIpc) is 2.86. The van der Waals surface area contributed by atoms with Crippen LogP contribution in [-0.2, 0) is 9.84 Å². The normalized spacial score (nSPS) is 18.2. The summed E-state index contributed by atoms with van der Waals surface area (Å²) in [5.41, 5.74) is 0. The summed E-state index contributed by atoms with van der Waals surface area (Å²) in [4.78, 5) is 0.195. The first-order valence-corrected chi connectivity index (χ1v) is 9.18. The van der Waals surface area contributed by atoms with E-state index in [2.05, 4.69) is 31.9 Å². The summed E-state index contributed by atoms with van der Waals surface area (Å²) in [5, 5.41) is 8.34. The molecule has 3 nitrogen and oxygen atoms in total. The molecular formula is C13H13Br2NO2S. The van der Waals surface area contributed by atoms with Crippen LogP contribution in [0.4, 0.5) is 0 Å². The van der Waals surface area contributed by atoms with Crippen molar-refractivity contribution in [2.75, 3.05) is 0 Å². The van der Waals surface area contributed by atoms with Gasteiger partial charge in [0.1, 0.15) is 0 Å². The molecule has 1 aliphatic carbocycles. The molecule has 1 aromatic carbocycles. The lowest BCUT2D eigenvalue weighted by atomic mass is 10.1. The second-order valence-corrected chi connectivity index (χ2v) is 8.52. The Morgan fingerprint density at radius 3 is 2.47 bits per heavy atom. The van der Waals surface area contributed by atoms with E-state index in [1.165, 1.54) is 0 Å². The van der Waals surface area contributed by atoms with Crippen molar-refractivity contribution in [2.45, 2.75) is 35.8 Å². The molecule has 1 unspecified atom stereocenters. The van der Waals surface area contributed by atoms with Gasteiger partial charge in [0.05, 0.1) is 11.0 Å². The molecule has 0 radical (unpaired) electrons. The second-order valence-electron chi connectivity index (χ2n) is 4.71. The third-order valence-electron chi connectivity index (χ3n) is 3.49. The third-order valence-corrected chi connectivity index (χ3v) is 7.05. The Balaban J connectivity index is 2.46. The monoisotopic (exact) mass is 405 g/mol. The van der Waals surface area contributed by atoms with Crippen LogP contribution < -0.4 is 0 Å². The molecule has 1 aliphatic rings. The number of hydrogen-bond acceptors (Lipinski definition) is 3. The molecule has 0 aliphatic heterocycles. The Morgan fingerprint density at radius 2 is 1.89 bits per heavy atom. The van der Waals surface area contributed by atoms with Crippen molar-refractivity contribution in [3.05, 3.63) is 27.1 Å². The van der Waals surface area contributed by atoms with Crippen LogP contribution in [0.2, 0.25) is 0 Å². The summed E-state index contributed by atoms with van der Waals surface area (Å²) < 4.78 is 26.5. The van der Waals surface area contributed by atoms with E-state index in [-0.39, 0.29) is 10.8 Å². The molecule has 0 saturated heterocycles. The number of nitrogens with zero attached hydrogens (tertiary/aromatic N) is 1. The summed E-state index contributed by atoms with van der Waals surface area (Å²) in [6.07, 6.45) is 3.67. The maximum absolute atomic E-state index is 12.7. The SMILES string of the molecule is N#CC(C1CCCC1)S(=O)(=O)c1cc(Br)ccc1Br. The smallest absolute Gasteiger partial charge is 0.196 e. The predicted octanol–water partition coefficient (Wildman–Crippen LogP) is 4.07. The zero-order chi connectivity index (χ0) is 14.0. The fourth-order valence-corrected chi connectivity index (χ4v) is 5.78. The highest BCUT2D eigenvalue weighted by atomic mass is 79.9. The van der Waals surface area contributed by atoms with E-state index in [1.807, 2.05) is 6.07 Å². The fourth-order valence-electron chi connectivity index (χ4n) is 2.52. The van der Waals surface area contributed by atoms with Gasteiger partial charge in [-0.2, -0.15) is 5.26 Å². The van der Waals surface area contributed by atoms with E-state index < -0.39 is 15.1 Å². The van der Waals surface area contributed by atoms with Gasteiger partial charge in [0.25, 0.3) is 0 Å². The topological polar surface area (TPSA) is 57.9 Å².